The van der Waals surface area contributed by atoms with Gasteiger partial charge in [-0.2, -0.15) is 0 Å². The summed E-state index contributed by atoms with van der Waals surface area (Å²) in [6, 6.07) is 4.53. The van der Waals surface area contributed by atoms with Crippen LogP contribution in [0.5, 0.6) is 0 Å². The molecule has 24 heavy (non-hydrogen) atoms. The Balaban J connectivity index is 1.54. The summed E-state index contributed by atoms with van der Waals surface area (Å²) in [6.07, 6.45) is 3.74. The number of hydrogen-bond acceptors (Lipinski definition) is 5. The van der Waals surface area contributed by atoms with Crippen molar-refractivity contribution < 1.29 is 18.4 Å². The Bertz CT molecular complexity index is 693. The minimum atomic E-state index is -0.318. The number of carbonyl (C=O) groups excluding carboxylic acids is 1. The summed E-state index contributed by atoms with van der Waals surface area (Å²) in [5.41, 5.74) is 1.39. The summed E-state index contributed by atoms with van der Waals surface area (Å²) in [6.45, 7) is 4.57. The fourth-order valence-electron chi connectivity index (χ4n) is 3.15. The summed E-state index contributed by atoms with van der Waals surface area (Å²) >= 11 is 0. The maximum Gasteiger partial charge on any atom is 0.320 e. The van der Waals surface area contributed by atoms with Crippen molar-refractivity contribution in [1.29, 1.82) is 0 Å². The van der Waals surface area contributed by atoms with E-state index in [1.54, 1.807) is 6.07 Å². The normalized spacial score (nSPS) is 16.6. The molecular weight excluding hydrogens is 311 g/mol. The van der Waals surface area contributed by atoms with E-state index in [1.807, 2.05) is 0 Å². The first kappa shape index (κ1) is 16.9. The van der Waals surface area contributed by atoms with Crippen LogP contribution in [0, 0.1) is 5.82 Å². The fourth-order valence-corrected chi connectivity index (χ4v) is 3.15. The first-order valence-electron chi connectivity index (χ1n) is 8.60. The predicted octanol–water partition coefficient (Wildman–Crippen LogP) is 3.49. The Morgan fingerprint density at radius 3 is 2.96 bits per heavy atom. The molecular formula is C18H23FN2O3. The molecule has 0 saturated carbocycles. The van der Waals surface area contributed by atoms with Gasteiger partial charge in [-0.25, -0.2) is 4.39 Å². The molecule has 1 saturated heterocycles. The minimum Gasteiger partial charge on any atom is -0.465 e. The van der Waals surface area contributed by atoms with Gasteiger partial charge in [0.25, 0.3) is 0 Å². The number of aromatic nitrogens is 1. The number of fused-ring (bicyclic) bond motifs is 1. The van der Waals surface area contributed by atoms with E-state index in [0.29, 0.717) is 18.7 Å². The lowest BCUT2D eigenvalue weighted by atomic mass is 9.91. The summed E-state index contributed by atoms with van der Waals surface area (Å²) in [5, 5.41) is 5.03. The number of unbranched alkanes of at least 4 members (excludes halogenated alkanes) is 1. The van der Waals surface area contributed by atoms with E-state index in [9.17, 15) is 9.18 Å². The molecule has 1 aromatic carbocycles. The van der Waals surface area contributed by atoms with E-state index in [-0.39, 0.29) is 17.7 Å². The van der Waals surface area contributed by atoms with E-state index >= 15 is 0 Å². The van der Waals surface area contributed by atoms with Gasteiger partial charge in [0.2, 0.25) is 0 Å². The van der Waals surface area contributed by atoms with Crippen LogP contribution >= 0.6 is 0 Å². The van der Waals surface area contributed by atoms with Gasteiger partial charge in [-0.1, -0.05) is 18.5 Å². The second-order valence-electron chi connectivity index (χ2n) is 6.33. The van der Waals surface area contributed by atoms with Crippen molar-refractivity contribution in [2.75, 3.05) is 26.2 Å². The van der Waals surface area contributed by atoms with Gasteiger partial charge in [0.05, 0.1) is 18.8 Å². The highest BCUT2D eigenvalue weighted by Gasteiger charge is 2.26. The molecule has 0 N–H and O–H groups in total. The van der Waals surface area contributed by atoms with E-state index in [4.69, 9.17) is 9.26 Å². The molecule has 0 bridgehead atoms. The van der Waals surface area contributed by atoms with E-state index in [0.717, 1.165) is 49.9 Å². The van der Waals surface area contributed by atoms with E-state index in [1.165, 1.54) is 12.1 Å². The third-order valence-electron chi connectivity index (χ3n) is 4.55. The van der Waals surface area contributed by atoms with Gasteiger partial charge in [0.1, 0.15) is 5.82 Å². The van der Waals surface area contributed by atoms with Crippen LogP contribution in [0.3, 0.4) is 0 Å². The zero-order valence-corrected chi connectivity index (χ0v) is 14.0. The number of ether oxygens (including phenoxy) is 1. The smallest absolute Gasteiger partial charge is 0.320 e. The van der Waals surface area contributed by atoms with Crippen LogP contribution in [-0.4, -0.2) is 42.3 Å². The monoisotopic (exact) mass is 334 g/mol. The van der Waals surface area contributed by atoms with Crippen LogP contribution < -0.4 is 0 Å². The maximum absolute atomic E-state index is 13.2. The van der Waals surface area contributed by atoms with Crippen molar-refractivity contribution in [1.82, 2.24) is 10.1 Å². The molecule has 0 spiro atoms. The topological polar surface area (TPSA) is 55.6 Å². The first-order chi connectivity index (χ1) is 11.7. The highest BCUT2D eigenvalue weighted by atomic mass is 19.1. The molecule has 5 nitrogen and oxygen atoms in total. The summed E-state index contributed by atoms with van der Waals surface area (Å²) in [4.78, 5) is 13.9. The van der Waals surface area contributed by atoms with Crippen LogP contribution in [0.1, 0.15) is 44.2 Å². The largest absolute Gasteiger partial charge is 0.465 e. The lowest BCUT2D eigenvalue weighted by Crippen LogP contribution is -2.37. The van der Waals surface area contributed by atoms with Crippen molar-refractivity contribution in [3.8, 4) is 0 Å². The molecule has 0 radical (unpaired) electrons. The summed E-state index contributed by atoms with van der Waals surface area (Å²) < 4.78 is 23.7. The minimum absolute atomic E-state index is 0.149. The Hall–Kier alpha value is -1.95. The number of hydrogen-bond donors (Lipinski definition) is 0. The van der Waals surface area contributed by atoms with Gasteiger partial charge in [-0.05, 0) is 44.5 Å². The van der Waals surface area contributed by atoms with E-state index in [2.05, 4.69) is 17.0 Å². The lowest BCUT2D eigenvalue weighted by molar-refractivity contribution is -0.145. The average Bonchev–Trinajstić information content (AvgIpc) is 2.99. The van der Waals surface area contributed by atoms with Crippen molar-refractivity contribution in [3.05, 3.63) is 29.7 Å². The third kappa shape index (κ3) is 3.93. The molecule has 3 rings (SSSR count). The second-order valence-corrected chi connectivity index (χ2v) is 6.33. The van der Waals surface area contributed by atoms with Crippen molar-refractivity contribution in [3.63, 3.8) is 0 Å². The Morgan fingerprint density at radius 1 is 1.42 bits per heavy atom. The molecule has 2 aromatic rings. The van der Waals surface area contributed by atoms with Gasteiger partial charge >= 0.3 is 5.97 Å². The number of carbonyl (C=O) groups is 1. The third-order valence-corrected chi connectivity index (χ3v) is 4.55. The molecule has 0 atom stereocenters. The Kier molecular flexibility index (Phi) is 5.45. The zero-order valence-electron chi connectivity index (χ0n) is 14.0. The highest BCUT2D eigenvalue weighted by molar-refractivity contribution is 5.80. The van der Waals surface area contributed by atoms with Crippen LogP contribution in [0.2, 0.25) is 0 Å². The molecule has 1 aromatic heterocycles. The van der Waals surface area contributed by atoms with Gasteiger partial charge in [0, 0.05) is 17.4 Å². The molecule has 1 aliphatic rings. The quantitative estimate of drug-likeness (QED) is 0.598. The fraction of sp³-hybridized carbons (Fsp3) is 0.556. The molecule has 0 aliphatic carbocycles. The van der Waals surface area contributed by atoms with E-state index < -0.39 is 0 Å². The second kappa shape index (κ2) is 7.75. The van der Waals surface area contributed by atoms with Gasteiger partial charge in [0.15, 0.2) is 5.58 Å². The summed E-state index contributed by atoms with van der Waals surface area (Å²) in [5.74, 6) is -0.185. The Labute approximate surface area is 140 Å². The number of nitrogens with zero attached hydrogens (tertiary/aromatic N) is 2. The summed E-state index contributed by atoms with van der Waals surface area (Å²) in [7, 11) is 0. The molecule has 130 valence electrons. The number of esters is 1. The molecule has 0 amide bonds. The average molecular weight is 334 g/mol. The SMILES string of the molecule is CCCCOC(=O)CN1CCC(c2noc3cc(F)ccc23)CC1. The van der Waals surface area contributed by atoms with Crippen LogP contribution in [0.15, 0.2) is 22.7 Å². The molecule has 1 aliphatic heterocycles. The van der Waals surface area contributed by atoms with Crippen molar-refractivity contribution >= 4 is 16.9 Å². The first-order valence-corrected chi connectivity index (χ1v) is 8.60. The van der Waals surface area contributed by atoms with Gasteiger partial charge in [-0.3, -0.25) is 9.69 Å². The number of rotatable bonds is 6. The van der Waals surface area contributed by atoms with Crippen molar-refractivity contribution in [2.24, 2.45) is 0 Å². The maximum atomic E-state index is 13.2. The van der Waals surface area contributed by atoms with Crippen LogP contribution in [-0.2, 0) is 9.53 Å². The van der Waals surface area contributed by atoms with Crippen molar-refractivity contribution in [2.45, 2.75) is 38.5 Å². The molecule has 1 fully saturated rings. The molecule has 6 heteroatoms. The number of benzene rings is 1. The number of likely N-dealkylation sites (tertiary alicyclic amines) is 1. The zero-order chi connectivity index (χ0) is 16.9. The number of piperidine rings is 1. The standard InChI is InChI=1S/C18H23FN2O3/c1-2-3-10-23-17(22)12-21-8-6-13(7-9-21)18-15-5-4-14(19)11-16(15)24-20-18/h4-5,11,13H,2-3,6-10,12H2,1H3. The molecule has 0 unspecified atom stereocenters. The predicted molar refractivity (Wildman–Crippen MR) is 88.2 cm³/mol. The lowest BCUT2D eigenvalue weighted by Gasteiger charge is -2.30. The highest BCUT2D eigenvalue weighted by Crippen LogP contribution is 2.32. The van der Waals surface area contributed by atoms with Gasteiger partial charge in [-0.15, -0.1) is 0 Å². The molecule has 2 heterocycles. The number of halogens is 1. The Morgan fingerprint density at radius 2 is 2.21 bits per heavy atom. The van der Waals surface area contributed by atoms with Crippen LogP contribution in [0.25, 0.3) is 11.0 Å². The van der Waals surface area contributed by atoms with Gasteiger partial charge < -0.3 is 9.26 Å². The van der Waals surface area contributed by atoms with Crippen LogP contribution in [0.4, 0.5) is 4.39 Å².